The largest absolute Gasteiger partial charge is 0.478 e. The second kappa shape index (κ2) is 6.47. The molecule has 1 aromatic carbocycles. The van der Waals surface area contributed by atoms with Crippen LogP contribution in [0.1, 0.15) is 37.0 Å². The predicted octanol–water partition coefficient (Wildman–Crippen LogP) is 3.80. The zero-order valence-electron chi connectivity index (χ0n) is 12.1. The summed E-state index contributed by atoms with van der Waals surface area (Å²) in [6, 6.07) is 4.69. The second-order valence-corrected chi connectivity index (χ2v) is 6.56. The molecule has 6 heteroatoms. The number of amides is 2. The molecule has 0 aliphatic carbocycles. The summed E-state index contributed by atoms with van der Waals surface area (Å²) in [6.45, 7) is 4.90. The Balaban J connectivity index is 2.13. The van der Waals surface area contributed by atoms with Crippen molar-refractivity contribution in [3.8, 4) is 0 Å². The number of hydrogen-bond acceptors (Lipinski definition) is 2. The zero-order chi connectivity index (χ0) is 15.6. The van der Waals surface area contributed by atoms with Crippen molar-refractivity contribution in [2.24, 2.45) is 5.92 Å². The van der Waals surface area contributed by atoms with E-state index in [1.165, 1.54) is 12.1 Å². The Morgan fingerprint density at radius 3 is 2.67 bits per heavy atom. The maximum atomic E-state index is 12.4. The molecule has 1 aliphatic rings. The summed E-state index contributed by atoms with van der Waals surface area (Å²) in [4.78, 5) is 25.2. The van der Waals surface area contributed by atoms with Crippen molar-refractivity contribution in [2.45, 2.75) is 32.7 Å². The van der Waals surface area contributed by atoms with Gasteiger partial charge in [-0.2, -0.15) is 0 Å². The van der Waals surface area contributed by atoms with Crippen LogP contribution >= 0.6 is 15.9 Å². The number of halogens is 1. The highest BCUT2D eigenvalue weighted by Crippen LogP contribution is 2.24. The number of likely N-dealkylation sites (tertiary alicyclic amines) is 1. The van der Waals surface area contributed by atoms with Gasteiger partial charge in [0.25, 0.3) is 0 Å². The molecule has 2 atom stereocenters. The third-order valence-corrected chi connectivity index (χ3v) is 4.23. The molecular weight excluding hydrogens is 336 g/mol. The van der Waals surface area contributed by atoms with Gasteiger partial charge < -0.3 is 15.3 Å². The van der Waals surface area contributed by atoms with E-state index in [2.05, 4.69) is 28.2 Å². The average Bonchev–Trinajstić information content (AvgIpc) is 2.40. The number of benzene rings is 1. The molecule has 21 heavy (non-hydrogen) atoms. The number of rotatable bonds is 2. The number of hydrogen-bond donors (Lipinski definition) is 2. The molecule has 2 rings (SSSR count). The lowest BCUT2D eigenvalue weighted by atomic mass is 9.95. The van der Waals surface area contributed by atoms with Crippen molar-refractivity contribution in [1.82, 2.24) is 4.90 Å². The lowest BCUT2D eigenvalue weighted by molar-refractivity contribution is 0.0696. The van der Waals surface area contributed by atoms with E-state index in [1.807, 2.05) is 11.8 Å². The van der Waals surface area contributed by atoms with Crippen LogP contribution in [0, 0.1) is 5.92 Å². The molecule has 2 N–H and O–H groups in total. The Labute approximate surface area is 132 Å². The van der Waals surface area contributed by atoms with Gasteiger partial charge in [0.1, 0.15) is 0 Å². The molecule has 1 saturated heterocycles. The summed E-state index contributed by atoms with van der Waals surface area (Å²) in [5.41, 5.74) is 0.622. The van der Waals surface area contributed by atoms with E-state index >= 15 is 0 Å². The molecule has 1 fully saturated rings. The van der Waals surface area contributed by atoms with Gasteiger partial charge in [-0.05, 0) is 43.9 Å². The number of carboxylic acid groups (broad SMARTS) is 1. The minimum Gasteiger partial charge on any atom is -0.478 e. The molecule has 0 radical (unpaired) electrons. The summed E-state index contributed by atoms with van der Waals surface area (Å²) in [5.74, 6) is -0.532. The van der Waals surface area contributed by atoms with Crippen molar-refractivity contribution in [3.63, 3.8) is 0 Å². The molecule has 2 unspecified atom stereocenters. The topological polar surface area (TPSA) is 69.6 Å². The molecule has 0 bridgehead atoms. The highest BCUT2D eigenvalue weighted by Gasteiger charge is 2.27. The SMILES string of the molecule is CC1CCC(C)N(C(=O)Nc2cc(Br)cc(C(=O)O)c2)C1. The number of carbonyl (C=O) groups excluding carboxylic acids is 1. The van der Waals surface area contributed by atoms with Crippen molar-refractivity contribution in [3.05, 3.63) is 28.2 Å². The van der Waals surface area contributed by atoms with Crippen LogP contribution in [0.25, 0.3) is 0 Å². The van der Waals surface area contributed by atoms with E-state index in [4.69, 9.17) is 5.11 Å². The van der Waals surface area contributed by atoms with Crippen molar-refractivity contribution < 1.29 is 14.7 Å². The van der Waals surface area contributed by atoms with Crippen LogP contribution in [0.15, 0.2) is 22.7 Å². The van der Waals surface area contributed by atoms with Crippen LogP contribution in [0.2, 0.25) is 0 Å². The van der Waals surface area contributed by atoms with Gasteiger partial charge in [0.05, 0.1) is 5.56 Å². The van der Waals surface area contributed by atoms with E-state index in [-0.39, 0.29) is 17.6 Å². The molecule has 1 aliphatic heterocycles. The second-order valence-electron chi connectivity index (χ2n) is 5.65. The van der Waals surface area contributed by atoms with Gasteiger partial charge in [-0.1, -0.05) is 22.9 Å². The maximum absolute atomic E-state index is 12.4. The monoisotopic (exact) mass is 354 g/mol. The number of nitrogens with one attached hydrogen (secondary N) is 1. The Kier molecular flexibility index (Phi) is 4.88. The zero-order valence-corrected chi connectivity index (χ0v) is 13.7. The molecule has 0 aromatic heterocycles. The minimum absolute atomic E-state index is 0.139. The van der Waals surface area contributed by atoms with Crippen molar-refractivity contribution >= 4 is 33.6 Å². The van der Waals surface area contributed by atoms with Crippen LogP contribution in [0.5, 0.6) is 0 Å². The first-order chi connectivity index (χ1) is 9.86. The predicted molar refractivity (Wildman–Crippen MR) is 84.7 cm³/mol. The summed E-state index contributed by atoms with van der Waals surface area (Å²) < 4.78 is 0.623. The van der Waals surface area contributed by atoms with Gasteiger partial charge in [-0.25, -0.2) is 9.59 Å². The number of nitrogens with zero attached hydrogens (tertiary/aromatic N) is 1. The Morgan fingerprint density at radius 1 is 1.29 bits per heavy atom. The standard InChI is InChI=1S/C15H19BrN2O3/c1-9-3-4-10(2)18(8-9)15(21)17-13-6-11(14(19)20)5-12(16)7-13/h5-7,9-10H,3-4,8H2,1-2H3,(H,17,21)(H,19,20). The van der Waals surface area contributed by atoms with Crippen LogP contribution in [0.4, 0.5) is 10.5 Å². The van der Waals surface area contributed by atoms with Gasteiger partial charge in [-0.3, -0.25) is 0 Å². The smallest absolute Gasteiger partial charge is 0.335 e. The lowest BCUT2D eigenvalue weighted by Gasteiger charge is -2.36. The highest BCUT2D eigenvalue weighted by molar-refractivity contribution is 9.10. The summed E-state index contributed by atoms with van der Waals surface area (Å²) in [5, 5.41) is 11.8. The first kappa shape index (κ1) is 15.8. The van der Waals surface area contributed by atoms with Gasteiger partial charge in [0.2, 0.25) is 0 Å². The van der Waals surface area contributed by atoms with Crippen molar-refractivity contribution in [1.29, 1.82) is 0 Å². The number of urea groups is 1. The third kappa shape index (κ3) is 3.97. The fourth-order valence-corrected chi connectivity index (χ4v) is 3.05. The normalized spacial score (nSPS) is 22.0. The number of carbonyl (C=O) groups is 2. The highest BCUT2D eigenvalue weighted by atomic mass is 79.9. The summed E-state index contributed by atoms with van der Waals surface area (Å²) >= 11 is 3.26. The summed E-state index contributed by atoms with van der Waals surface area (Å²) in [7, 11) is 0. The number of carboxylic acids is 1. The van der Waals surface area contributed by atoms with E-state index in [9.17, 15) is 9.59 Å². The summed E-state index contributed by atoms with van der Waals surface area (Å²) in [6.07, 6.45) is 2.12. The third-order valence-electron chi connectivity index (χ3n) is 3.77. The molecule has 0 saturated carbocycles. The molecular formula is C15H19BrN2O3. The molecule has 114 valence electrons. The molecule has 1 heterocycles. The van der Waals surface area contributed by atoms with E-state index in [1.54, 1.807) is 6.07 Å². The Morgan fingerprint density at radius 2 is 2.00 bits per heavy atom. The van der Waals surface area contributed by atoms with E-state index in [0.29, 0.717) is 16.1 Å². The first-order valence-corrected chi connectivity index (χ1v) is 7.77. The molecule has 2 amide bonds. The van der Waals surface area contributed by atoms with Crippen LogP contribution in [0.3, 0.4) is 0 Å². The molecule has 0 spiro atoms. The van der Waals surface area contributed by atoms with E-state index < -0.39 is 5.97 Å². The van der Waals surface area contributed by atoms with Gasteiger partial charge >= 0.3 is 12.0 Å². The Hall–Kier alpha value is -1.56. The van der Waals surface area contributed by atoms with Crippen LogP contribution < -0.4 is 5.32 Å². The van der Waals surface area contributed by atoms with E-state index in [0.717, 1.165) is 19.4 Å². The van der Waals surface area contributed by atoms with Gasteiger partial charge in [0.15, 0.2) is 0 Å². The number of anilines is 1. The maximum Gasteiger partial charge on any atom is 0.335 e. The van der Waals surface area contributed by atoms with Gasteiger partial charge in [-0.15, -0.1) is 0 Å². The molecule has 5 nitrogen and oxygen atoms in total. The van der Waals surface area contributed by atoms with Gasteiger partial charge in [0, 0.05) is 22.7 Å². The Bertz CT molecular complexity index is 562. The lowest BCUT2D eigenvalue weighted by Crippen LogP contribution is -2.46. The number of aromatic carboxylic acids is 1. The fourth-order valence-electron chi connectivity index (χ4n) is 2.55. The number of piperidine rings is 1. The first-order valence-electron chi connectivity index (χ1n) is 6.98. The van der Waals surface area contributed by atoms with Crippen LogP contribution in [-0.4, -0.2) is 34.6 Å². The quantitative estimate of drug-likeness (QED) is 0.848. The molecule has 1 aromatic rings. The average molecular weight is 355 g/mol. The van der Waals surface area contributed by atoms with Crippen molar-refractivity contribution in [2.75, 3.05) is 11.9 Å². The fraction of sp³-hybridized carbons (Fsp3) is 0.467. The minimum atomic E-state index is -1.02. The van der Waals surface area contributed by atoms with Crippen LogP contribution in [-0.2, 0) is 0 Å².